The molecule has 11 heavy (non-hydrogen) atoms. The third kappa shape index (κ3) is 1.27. The molecule has 5 heteroatoms. The molecule has 1 heterocycles. The lowest BCUT2D eigenvalue weighted by molar-refractivity contribution is 0.340. The number of hydrogen-bond acceptors (Lipinski definition) is 2. The quantitative estimate of drug-likeness (QED) is 0.585. The van der Waals surface area contributed by atoms with E-state index < -0.39 is 9.24 Å². The molecular weight excluding hydrogens is 186 g/mol. The third-order valence-corrected chi connectivity index (χ3v) is 4.18. The Morgan fingerprint density at radius 2 is 2.09 bits per heavy atom. The number of fused-ring (bicyclic) bond motifs is 2. The largest absolute Gasteiger partial charge is 0.300 e. The van der Waals surface area contributed by atoms with Gasteiger partial charge in [-0.2, -0.15) is 12.7 Å². The Hall–Kier alpha value is 0.200. The molecule has 1 aliphatic heterocycles. The number of halogens is 1. The molecule has 0 unspecified atom stereocenters. The first kappa shape index (κ1) is 7.83. The highest BCUT2D eigenvalue weighted by Crippen LogP contribution is 2.39. The molecule has 1 saturated carbocycles. The fourth-order valence-electron chi connectivity index (χ4n) is 2.15. The van der Waals surface area contributed by atoms with Gasteiger partial charge in [0.15, 0.2) is 0 Å². The van der Waals surface area contributed by atoms with E-state index in [0.29, 0.717) is 12.5 Å². The second-order valence-corrected chi connectivity index (χ2v) is 5.81. The molecule has 2 bridgehead atoms. The summed E-state index contributed by atoms with van der Waals surface area (Å²) in [6.07, 6.45) is 3.19. The summed E-state index contributed by atoms with van der Waals surface area (Å²) in [5, 5.41) is 0. The van der Waals surface area contributed by atoms with Crippen LogP contribution in [0.5, 0.6) is 0 Å². The summed E-state index contributed by atoms with van der Waals surface area (Å²) in [6.45, 7) is 0.649. The number of hydrogen-bond donors (Lipinski definition) is 0. The highest BCUT2D eigenvalue weighted by molar-refractivity contribution is 8.11. The van der Waals surface area contributed by atoms with Crippen LogP contribution in [0.4, 0.5) is 0 Å². The number of piperidine rings is 1. The summed E-state index contributed by atoms with van der Waals surface area (Å²) in [4.78, 5) is 0. The van der Waals surface area contributed by atoms with Crippen LogP contribution in [-0.4, -0.2) is 25.3 Å². The minimum atomic E-state index is -3.43. The van der Waals surface area contributed by atoms with Crippen molar-refractivity contribution in [1.29, 1.82) is 0 Å². The Morgan fingerprint density at radius 1 is 1.36 bits per heavy atom. The first-order chi connectivity index (χ1) is 5.07. The average molecular weight is 196 g/mol. The zero-order valence-corrected chi connectivity index (χ0v) is 7.61. The van der Waals surface area contributed by atoms with E-state index in [4.69, 9.17) is 10.7 Å². The van der Waals surface area contributed by atoms with Gasteiger partial charge in [0.25, 0.3) is 9.24 Å². The van der Waals surface area contributed by atoms with Crippen LogP contribution in [0.1, 0.15) is 19.3 Å². The van der Waals surface area contributed by atoms with Crippen molar-refractivity contribution in [2.45, 2.75) is 25.3 Å². The van der Waals surface area contributed by atoms with Crippen molar-refractivity contribution in [1.82, 2.24) is 4.31 Å². The smallest absolute Gasteiger partial charge is 0.195 e. The first-order valence-electron chi connectivity index (χ1n) is 3.79. The van der Waals surface area contributed by atoms with E-state index in [0.717, 1.165) is 12.8 Å². The third-order valence-electron chi connectivity index (χ3n) is 2.64. The van der Waals surface area contributed by atoms with Gasteiger partial charge in [0, 0.05) is 23.3 Å². The number of rotatable bonds is 1. The Balaban J connectivity index is 2.21. The van der Waals surface area contributed by atoms with Crippen LogP contribution in [0.25, 0.3) is 0 Å². The summed E-state index contributed by atoms with van der Waals surface area (Å²) >= 11 is 0. The molecule has 0 radical (unpaired) electrons. The molecule has 0 spiro atoms. The van der Waals surface area contributed by atoms with Gasteiger partial charge in [-0.3, -0.25) is 0 Å². The van der Waals surface area contributed by atoms with Crippen molar-refractivity contribution in [3.63, 3.8) is 0 Å². The van der Waals surface area contributed by atoms with Crippen LogP contribution in [0, 0.1) is 5.92 Å². The SMILES string of the molecule is O=S(=O)(Cl)N1C[C@@H]2CC[C@@H]1C2. The highest BCUT2D eigenvalue weighted by Gasteiger charge is 2.42. The Morgan fingerprint density at radius 3 is 2.36 bits per heavy atom. The van der Waals surface area contributed by atoms with Crippen molar-refractivity contribution in [2.24, 2.45) is 5.92 Å². The van der Waals surface area contributed by atoms with Crippen molar-refractivity contribution in [3.05, 3.63) is 0 Å². The molecule has 0 aromatic heterocycles. The maximum Gasteiger partial charge on any atom is 0.300 e. The Kier molecular flexibility index (Phi) is 1.67. The van der Waals surface area contributed by atoms with E-state index in [1.807, 2.05) is 0 Å². The van der Waals surface area contributed by atoms with E-state index >= 15 is 0 Å². The van der Waals surface area contributed by atoms with Gasteiger partial charge in [-0.05, 0) is 25.2 Å². The summed E-state index contributed by atoms with van der Waals surface area (Å²) in [5.41, 5.74) is 0. The van der Waals surface area contributed by atoms with Crippen LogP contribution in [0.2, 0.25) is 0 Å². The van der Waals surface area contributed by atoms with E-state index in [1.165, 1.54) is 10.7 Å². The summed E-state index contributed by atoms with van der Waals surface area (Å²) in [5.74, 6) is 0.577. The zero-order chi connectivity index (χ0) is 8.06. The molecule has 0 aromatic rings. The van der Waals surface area contributed by atoms with Crippen molar-refractivity contribution < 1.29 is 8.42 Å². The van der Waals surface area contributed by atoms with Gasteiger partial charge in [0.2, 0.25) is 0 Å². The van der Waals surface area contributed by atoms with Crippen LogP contribution in [-0.2, 0) is 9.24 Å². The molecule has 2 aliphatic rings. The van der Waals surface area contributed by atoms with Gasteiger partial charge in [0.1, 0.15) is 0 Å². The Labute approximate surface area is 70.9 Å². The van der Waals surface area contributed by atoms with E-state index in [-0.39, 0.29) is 6.04 Å². The zero-order valence-electron chi connectivity index (χ0n) is 6.03. The molecule has 1 aliphatic carbocycles. The normalized spacial score (nSPS) is 38.3. The minimum Gasteiger partial charge on any atom is -0.195 e. The Bertz CT molecular complexity index is 264. The number of nitrogens with zero attached hydrogens (tertiary/aromatic N) is 1. The maximum atomic E-state index is 10.9. The molecule has 0 aromatic carbocycles. The van der Waals surface area contributed by atoms with Crippen molar-refractivity contribution >= 4 is 19.9 Å². The molecule has 3 nitrogen and oxygen atoms in total. The van der Waals surface area contributed by atoms with Gasteiger partial charge in [-0.25, -0.2) is 0 Å². The predicted octanol–water partition coefficient (Wildman–Crippen LogP) is 0.954. The average Bonchev–Trinajstić information content (AvgIpc) is 2.42. The predicted molar refractivity (Wildman–Crippen MR) is 42.6 cm³/mol. The first-order valence-corrected chi connectivity index (χ1v) is 6.05. The fourth-order valence-corrected chi connectivity index (χ4v) is 3.59. The molecule has 64 valence electrons. The maximum absolute atomic E-state index is 10.9. The van der Waals surface area contributed by atoms with Crippen LogP contribution in [0.15, 0.2) is 0 Å². The van der Waals surface area contributed by atoms with E-state index in [1.54, 1.807) is 0 Å². The van der Waals surface area contributed by atoms with E-state index in [9.17, 15) is 8.42 Å². The molecule has 2 fully saturated rings. The monoisotopic (exact) mass is 195 g/mol. The van der Waals surface area contributed by atoms with Crippen LogP contribution in [0.3, 0.4) is 0 Å². The van der Waals surface area contributed by atoms with Crippen molar-refractivity contribution in [3.8, 4) is 0 Å². The fraction of sp³-hybridized carbons (Fsp3) is 1.00. The molecule has 1 saturated heterocycles. The molecule has 0 amide bonds. The second-order valence-electron chi connectivity index (χ2n) is 3.34. The molecule has 2 atom stereocenters. The van der Waals surface area contributed by atoms with Gasteiger partial charge < -0.3 is 0 Å². The highest BCUT2D eigenvalue weighted by atomic mass is 35.7. The molecule has 0 N–H and O–H groups in total. The van der Waals surface area contributed by atoms with Crippen LogP contribution >= 0.6 is 10.7 Å². The van der Waals surface area contributed by atoms with Gasteiger partial charge >= 0.3 is 0 Å². The summed E-state index contributed by atoms with van der Waals surface area (Å²) < 4.78 is 23.3. The minimum absolute atomic E-state index is 0.211. The van der Waals surface area contributed by atoms with Crippen LogP contribution < -0.4 is 0 Å². The lowest BCUT2D eigenvalue weighted by atomic mass is 10.1. The molecular formula is C6H10ClNO2S. The van der Waals surface area contributed by atoms with Gasteiger partial charge in [-0.15, -0.1) is 0 Å². The summed E-state index contributed by atoms with van der Waals surface area (Å²) in [7, 11) is 1.80. The van der Waals surface area contributed by atoms with E-state index in [2.05, 4.69) is 0 Å². The molecule has 2 rings (SSSR count). The van der Waals surface area contributed by atoms with Gasteiger partial charge in [0.05, 0.1) is 0 Å². The van der Waals surface area contributed by atoms with Gasteiger partial charge in [-0.1, -0.05) is 0 Å². The van der Waals surface area contributed by atoms with Crippen molar-refractivity contribution in [2.75, 3.05) is 6.54 Å². The summed E-state index contributed by atoms with van der Waals surface area (Å²) in [6, 6.07) is 0.211. The topological polar surface area (TPSA) is 37.4 Å². The second kappa shape index (κ2) is 2.34. The standard InChI is InChI=1S/C6H10ClNO2S/c7-11(9,10)8-4-5-1-2-6(8)3-5/h5-6H,1-4H2/t5-,6-/m1/s1. The lowest BCUT2D eigenvalue weighted by Gasteiger charge is -2.22. The lowest BCUT2D eigenvalue weighted by Crippen LogP contribution is -2.34.